The predicted octanol–water partition coefficient (Wildman–Crippen LogP) is 2.76. The Balaban J connectivity index is 1.19. The Morgan fingerprint density at radius 1 is 1.03 bits per heavy atom. The van der Waals surface area contributed by atoms with Gasteiger partial charge in [-0.3, -0.25) is 9.69 Å². The minimum Gasteiger partial charge on any atom is -0.353 e. The van der Waals surface area contributed by atoms with Crippen molar-refractivity contribution in [3.8, 4) is 0 Å². The van der Waals surface area contributed by atoms with Crippen LogP contribution in [0.4, 0.5) is 0 Å². The molecule has 1 N–H and O–H groups in total. The lowest BCUT2D eigenvalue weighted by Gasteiger charge is -2.32. The fourth-order valence-electron chi connectivity index (χ4n) is 3.93. The van der Waals surface area contributed by atoms with E-state index in [1.807, 2.05) is 6.07 Å². The maximum Gasteiger partial charge on any atom is 0.227 e. The third kappa shape index (κ3) is 6.72. The average Bonchev–Trinajstić information content (AvgIpc) is 3.27. The number of sulfone groups is 1. The number of benzene rings is 2. The van der Waals surface area contributed by atoms with Gasteiger partial charge in [-0.15, -0.1) is 0 Å². The molecule has 0 spiro atoms. The SMILES string of the molecule is O=C(CCc1nc(CS(=O)(=O)c2ccccc2)no1)NC1CCN(Cc2ccccc2)CC1. The van der Waals surface area contributed by atoms with Gasteiger partial charge in [0.25, 0.3) is 0 Å². The largest absolute Gasteiger partial charge is 0.353 e. The van der Waals surface area contributed by atoms with Gasteiger partial charge in [-0.1, -0.05) is 53.7 Å². The van der Waals surface area contributed by atoms with Crippen molar-refractivity contribution in [2.75, 3.05) is 13.1 Å². The molecule has 8 nitrogen and oxygen atoms in total. The first-order valence-corrected chi connectivity index (χ1v) is 12.8. The van der Waals surface area contributed by atoms with Gasteiger partial charge in [-0.2, -0.15) is 4.98 Å². The van der Waals surface area contributed by atoms with Crippen LogP contribution in [0.15, 0.2) is 70.1 Å². The van der Waals surface area contributed by atoms with E-state index >= 15 is 0 Å². The summed E-state index contributed by atoms with van der Waals surface area (Å²) in [4.78, 5) is 19.1. The molecule has 1 aromatic heterocycles. The summed E-state index contributed by atoms with van der Waals surface area (Å²) in [5.41, 5.74) is 1.30. The summed E-state index contributed by atoms with van der Waals surface area (Å²) >= 11 is 0. The summed E-state index contributed by atoms with van der Waals surface area (Å²) < 4.78 is 30.0. The first-order valence-electron chi connectivity index (χ1n) is 11.1. The topological polar surface area (TPSA) is 105 Å². The molecular weight excluding hydrogens is 440 g/mol. The molecule has 9 heteroatoms. The zero-order chi connectivity index (χ0) is 23.1. The Bertz CT molecular complexity index is 1140. The van der Waals surface area contributed by atoms with Crippen molar-refractivity contribution >= 4 is 15.7 Å². The van der Waals surface area contributed by atoms with Crippen LogP contribution in [0.1, 0.15) is 36.5 Å². The van der Waals surface area contributed by atoms with Crippen LogP contribution < -0.4 is 5.32 Å². The Labute approximate surface area is 193 Å². The van der Waals surface area contributed by atoms with Crippen LogP contribution in [0.2, 0.25) is 0 Å². The second kappa shape index (κ2) is 10.7. The molecule has 0 atom stereocenters. The van der Waals surface area contributed by atoms with E-state index in [1.54, 1.807) is 18.2 Å². The molecule has 0 radical (unpaired) electrons. The number of nitrogens with zero attached hydrogens (tertiary/aromatic N) is 3. The van der Waals surface area contributed by atoms with E-state index in [9.17, 15) is 13.2 Å². The van der Waals surface area contributed by atoms with Gasteiger partial charge in [0.15, 0.2) is 15.7 Å². The minimum atomic E-state index is -3.54. The quantitative estimate of drug-likeness (QED) is 0.515. The number of carbonyl (C=O) groups is 1. The lowest BCUT2D eigenvalue weighted by Crippen LogP contribution is -2.44. The van der Waals surface area contributed by atoms with E-state index < -0.39 is 9.84 Å². The van der Waals surface area contributed by atoms with E-state index in [1.165, 1.54) is 17.7 Å². The molecule has 0 aliphatic carbocycles. The Morgan fingerprint density at radius 3 is 2.39 bits per heavy atom. The molecule has 1 fully saturated rings. The molecular formula is C24H28N4O4S. The highest BCUT2D eigenvalue weighted by Gasteiger charge is 2.22. The van der Waals surface area contributed by atoms with Gasteiger partial charge < -0.3 is 9.84 Å². The highest BCUT2D eigenvalue weighted by molar-refractivity contribution is 7.90. The summed E-state index contributed by atoms with van der Waals surface area (Å²) in [6.07, 6.45) is 2.33. The van der Waals surface area contributed by atoms with E-state index in [0.717, 1.165) is 32.5 Å². The zero-order valence-corrected chi connectivity index (χ0v) is 19.2. The Hall–Kier alpha value is -3.04. The summed E-state index contributed by atoms with van der Waals surface area (Å²) in [6.45, 7) is 2.83. The lowest BCUT2D eigenvalue weighted by atomic mass is 10.0. The number of rotatable bonds is 9. The van der Waals surface area contributed by atoms with E-state index in [-0.39, 0.29) is 47.2 Å². The third-order valence-electron chi connectivity index (χ3n) is 5.70. The molecule has 3 aromatic rings. The van der Waals surface area contributed by atoms with Crippen LogP contribution in [0, 0.1) is 0 Å². The maximum absolute atomic E-state index is 12.4. The van der Waals surface area contributed by atoms with Gasteiger partial charge in [0.2, 0.25) is 11.8 Å². The van der Waals surface area contributed by atoms with Crippen LogP contribution >= 0.6 is 0 Å². The fourth-order valence-corrected chi connectivity index (χ4v) is 5.12. The standard InChI is InChI=1S/C24H28N4O4S/c29-23(25-20-13-15-28(16-14-20)17-19-7-3-1-4-8-19)11-12-24-26-22(27-32-24)18-33(30,31)21-9-5-2-6-10-21/h1-10,20H,11-18H2,(H,25,29). The molecule has 1 aliphatic rings. The molecule has 1 aliphatic heterocycles. The van der Waals surface area contributed by atoms with E-state index in [4.69, 9.17) is 4.52 Å². The Morgan fingerprint density at radius 2 is 1.70 bits per heavy atom. The number of piperidine rings is 1. The zero-order valence-electron chi connectivity index (χ0n) is 18.4. The average molecular weight is 469 g/mol. The highest BCUT2D eigenvalue weighted by atomic mass is 32.2. The first kappa shape index (κ1) is 23.1. The van der Waals surface area contributed by atoms with Crippen molar-refractivity contribution in [1.29, 1.82) is 0 Å². The van der Waals surface area contributed by atoms with Crippen LogP contribution in [0.25, 0.3) is 0 Å². The molecule has 0 unspecified atom stereocenters. The van der Waals surface area contributed by atoms with E-state index in [0.29, 0.717) is 0 Å². The van der Waals surface area contributed by atoms with Crippen molar-refractivity contribution in [1.82, 2.24) is 20.4 Å². The molecule has 2 heterocycles. The lowest BCUT2D eigenvalue weighted by molar-refractivity contribution is -0.122. The molecule has 33 heavy (non-hydrogen) atoms. The third-order valence-corrected chi connectivity index (χ3v) is 7.33. The molecule has 174 valence electrons. The molecule has 1 amide bonds. The monoisotopic (exact) mass is 468 g/mol. The number of nitrogens with one attached hydrogen (secondary N) is 1. The molecule has 0 bridgehead atoms. The summed E-state index contributed by atoms with van der Waals surface area (Å²) in [7, 11) is -3.54. The number of amides is 1. The van der Waals surface area contributed by atoms with Crippen molar-refractivity contribution in [2.45, 2.75) is 48.9 Å². The predicted molar refractivity (Wildman–Crippen MR) is 123 cm³/mol. The summed E-state index contributed by atoms with van der Waals surface area (Å²) in [5, 5.41) is 6.85. The number of hydrogen-bond donors (Lipinski definition) is 1. The number of aromatic nitrogens is 2. The molecule has 4 rings (SSSR count). The second-order valence-corrected chi connectivity index (χ2v) is 10.3. The van der Waals surface area contributed by atoms with Crippen LogP contribution in [0.5, 0.6) is 0 Å². The fraction of sp³-hybridized carbons (Fsp3) is 0.375. The van der Waals surface area contributed by atoms with Crippen molar-refractivity contribution in [2.24, 2.45) is 0 Å². The first-order chi connectivity index (χ1) is 16.0. The van der Waals surface area contributed by atoms with Gasteiger partial charge in [-0.05, 0) is 30.5 Å². The summed E-state index contributed by atoms with van der Waals surface area (Å²) in [5.74, 6) is -0.0387. The maximum atomic E-state index is 12.4. The Kier molecular flexibility index (Phi) is 7.51. The number of carbonyl (C=O) groups excluding carboxylic acids is 1. The van der Waals surface area contributed by atoms with E-state index in [2.05, 4.69) is 44.6 Å². The van der Waals surface area contributed by atoms with Gasteiger partial charge >= 0.3 is 0 Å². The molecule has 0 saturated carbocycles. The number of likely N-dealkylation sites (tertiary alicyclic amines) is 1. The van der Waals surface area contributed by atoms with Crippen molar-refractivity contribution in [3.05, 3.63) is 77.9 Å². The smallest absolute Gasteiger partial charge is 0.227 e. The van der Waals surface area contributed by atoms with Crippen molar-refractivity contribution < 1.29 is 17.7 Å². The minimum absolute atomic E-state index is 0.0619. The van der Waals surface area contributed by atoms with Gasteiger partial charge in [0.05, 0.1) is 4.90 Å². The second-order valence-electron chi connectivity index (χ2n) is 8.28. The number of aryl methyl sites for hydroxylation is 1. The van der Waals surface area contributed by atoms with Crippen LogP contribution in [0.3, 0.4) is 0 Å². The van der Waals surface area contributed by atoms with Crippen molar-refractivity contribution in [3.63, 3.8) is 0 Å². The van der Waals surface area contributed by atoms with Gasteiger partial charge in [0.1, 0.15) is 5.75 Å². The normalized spacial score (nSPS) is 15.4. The number of hydrogen-bond acceptors (Lipinski definition) is 7. The molecule has 1 saturated heterocycles. The van der Waals surface area contributed by atoms with Crippen LogP contribution in [-0.2, 0) is 33.4 Å². The van der Waals surface area contributed by atoms with Crippen LogP contribution in [-0.4, -0.2) is 48.5 Å². The summed E-state index contributed by atoms with van der Waals surface area (Å²) in [6, 6.07) is 18.7. The van der Waals surface area contributed by atoms with Gasteiger partial charge in [-0.25, -0.2) is 8.42 Å². The highest BCUT2D eigenvalue weighted by Crippen LogP contribution is 2.16. The van der Waals surface area contributed by atoms with Gasteiger partial charge in [0, 0.05) is 38.5 Å². The molecule has 2 aromatic carbocycles.